The molecule has 0 saturated heterocycles. The quantitative estimate of drug-likeness (QED) is 0.374. The zero-order valence-corrected chi connectivity index (χ0v) is 17.3. The predicted octanol–water partition coefficient (Wildman–Crippen LogP) is 5.38. The molecule has 0 aliphatic heterocycles. The van der Waals surface area contributed by atoms with Crippen LogP contribution in [-0.2, 0) is 4.74 Å². The average Bonchev–Trinajstić information content (AvgIpc) is 2.81. The van der Waals surface area contributed by atoms with E-state index in [0.717, 1.165) is 0 Å². The van der Waals surface area contributed by atoms with E-state index in [2.05, 4.69) is 20.3 Å². The van der Waals surface area contributed by atoms with Crippen LogP contribution in [0.5, 0.6) is 23.5 Å². The highest BCUT2D eigenvalue weighted by molar-refractivity contribution is 5.90. The molecule has 32 heavy (non-hydrogen) atoms. The second kappa shape index (κ2) is 10.0. The highest BCUT2D eigenvalue weighted by Crippen LogP contribution is 2.25. The number of para-hydroxylation sites is 2. The molecule has 0 radical (unpaired) electrons. The van der Waals surface area contributed by atoms with Crippen molar-refractivity contribution in [3.8, 4) is 23.5 Å². The minimum absolute atomic E-state index is 0.0566. The third-order valence-electron chi connectivity index (χ3n) is 4.13. The smallest absolute Gasteiger partial charge is 0.338 e. The monoisotopic (exact) mass is 428 g/mol. The molecule has 0 bridgehead atoms. The van der Waals surface area contributed by atoms with Crippen LogP contribution in [0.15, 0.2) is 84.9 Å². The van der Waals surface area contributed by atoms with Crippen LogP contribution in [0.1, 0.15) is 17.3 Å². The summed E-state index contributed by atoms with van der Waals surface area (Å²) in [6, 6.07) is 25.3. The second-order valence-electron chi connectivity index (χ2n) is 6.48. The Balaban J connectivity index is 1.63. The Bertz CT molecular complexity index is 1130. The molecule has 160 valence electrons. The molecule has 8 nitrogen and oxygen atoms in total. The zero-order chi connectivity index (χ0) is 22.2. The van der Waals surface area contributed by atoms with Crippen LogP contribution >= 0.6 is 0 Å². The SMILES string of the molecule is CCOC(=O)c1cccc(Nc2nc(Oc3ccccc3)nc(Oc3ccccc3)n2)c1. The molecule has 1 N–H and O–H groups in total. The third-order valence-corrected chi connectivity index (χ3v) is 4.13. The van der Waals surface area contributed by atoms with Gasteiger partial charge in [0.15, 0.2) is 0 Å². The standard InChI is InChI=1S/C24H20N4O4/c1-2-30-21(29)17-10-9-11-18(16-17)25-22-26-23(31-19-12-5-3-6-13-19)28-24(27-22)32-20-14-7-4-8-15-20/h3-16H,2H2,1H3,(H,25,26,27,28). The van der Waals surface area contributed by atoms with Gasteiger partial charge in [0.25, 0.3) is 0 Å². The van der Waals surface area contributed by atoms with Gasteiger partial charge in [-0.05, 0) is 49.4 Å². The van der Waals surface area contributed by atoms with Crippen molar-refractivity contribution in [1.82, 2.24) is 15.0 Å². The lowest BCUT2D eigenvalue weighted by Crippen LogP contribution is -2.06. The summed E-state index contributed by atoms with van der Waals surface area (Å²) in [6.07, 6.45) is 0. The van der Waals surface area contributed by atoms with E-state index < -0.39 is 5.97 Å². The first-order valence-electron chi connectivity index (χ1n) is 9.95. The summed E-state index contributed by atoms with van der Waals surface area (Å²) in [4.78, 5) is 24.9. The van der Waals surface area contributed by atoms with E-state index in [9.17, 15) is 4.79 Å². The first-order valence-corrected chi connectivity index (χ1v) is 9.95. The number of hydrogen-bond donors (Lipinski definition) is 1. The predicted molar refractivity (Wildman–Crippen MR) is 119 cm³/mol. The van der Waals surface area contributed by atoms with Crippen LogP contribution in [0.3, 0.4) is 0 Å². The Morgan fingerprint density at radius 2 is 1.38 bits per heavy atom. The van der Waals surface area contributed by atoms with Gasteiger partial charge >= 0.3 is 18.0 Å². The van der Waals surface area contributed by atoms with Gasteiger partial charge in [-0.15, -0.1) is 4.98 Å². The van der Waals surface area contributed by atoms with Crippen molar-refractivity contribution in [1.29, 1.82) is 0 Å². The number of nitrogens with one attached hydrogen (secondary N) is 1. The van der Waals surface area contributed by atoms with Gasteiger partial charge in [0.1, 0.15) is 11.5 Å². The van der Waals surface area contributed by atoms with E-state index in [0.29, 0.717) is 29.4 Å². The maximum Gasteiger partial charge on any atom is 0.338 e. The number of carbonyl (C=O) groups is 1. The molecule has 0 fully saturated rings. The Morgan fingerprint density at radius 1 is 0.781 bits per heavy atom. The minimum atomic E-state index is -0.409. The van der Waals surface area contributed by atoms with Gasteiger partial charge in [0, 0.05) is 5.69 Å². The molecule has 4 rings (SSSR count). The normalized spacial score (nSPS) is 10.3. The van der Waals surface area contributed by atoms with Gasteiger partial charge < -0.3 is 19.5 Å². The second-order valence-corrected chi connectivity index (χ2v) is 6.48. The fourth-order valence-electron chi connectivity index (χ4n) is 2.74. The van der Waals surface area contributed by atoms with E-state index in [-0.39, 0.29) is 18.0 Å². The van der Waals surface area contributed by atoms with Crippen LogP contribution in [0.4, 0.5) is 11.6 Å². The van der Waals surface area contributed by atoms with E-state index in [1.54, 1.807) is 55.5 Å². The molecule has 0 aliphatic rings. The molecule has 4 aromatic rings. The molecular formula is C24H20N4O4. The average molecular weight is 428 g/mol. The van der Waals surface area contributed by atoms with Gasteiger partial charge in [-0.2, -0.15) is 9.97 Å². The van der Waals surface area contributed by atoms with Crippen molar-refractivity contribution >= 4 is 17.6 Å². The molecule has 0 atom stereocenters. The molecular weight excluding hydrogens is 408 g/mol. The van der Waals surface area contributed by atoms with Crippen LogP contribution < -0.4 is 14.8 Å². The van der Waals surface area contributed by atoms with Crippen LogP contribution in [-0.4, -0.2) is 27.5 Å². The van der Waals surface area contributed by atoms with E-state index >= 15 is 0 Å². The number of aromatic nitrogens is 3. The van der Waals surface area contributed by atoms with Crippen LogP contribution in [0.2, 0.25) is 0 Å². The van der Waals surface area contributed by atoms with Gasteiger partial charge in [0.05, 0.1) is 12.2 Å². The van der Waals surface area contributed by atoms with Gasteiger partial charge in [0.2, 0.25) is 5.95 Å². The maximum absolute atomic E-state index is 12.0. The number of nitrogens with zero attached hydrogens (tertiary/aromatic N) is 3. The molecule has 0 saturated carbocycles. The largest absolute Gasteiger partial charge is 0.462 e. The molecule has 1 heterocycles. The summed E-state index contributed by atoms with van der Waals surface area (Å²) >= 11 is 0. The summed E-state index contributed by atoms with van der Waals surface area (Å²) < 4.78 is 16.6. The van der Waals surface area contributed by atoms with E-state index in [1.165, 1.54) is 0 Å². The molecule has 8 heteroatoms. The van der Waals surface area contributed by atoms with Crippen molar-refractivity contribution in [3.05, 3.63) is 90.5 Å². The van der Waals surface area contributed by atoms with Crippen LogP contribution in [0.25, 0.3) is 0 Å². The Kier molecular flexibility index (Phi) is 6.52. The lowest BCUT2D eigenvalue weighted by atomic mass is 10.2. The van der Waals surface area contributed by atoms with Gasteiger partial charge in [-0.1, -0.05) is 42.5 Å². The number of carbonyl (C=O) groups excluding carboxylic acids is 1. The molecule has 3 aromatic carbocycles. The fraction of sp³-hybridized carbons (Fsp3) is 0.0833. The Labute approximate surface area is 184 Å². The third kappa shape index (κ3) is 5.57. The number of rotatable bonds is 8. The number of esters is 1. The lowest BCUT2D eigenvalue weighted by molar-refractivity contribution is 0.0526. The van der Waals surface area contributed by atoms with Crippen molar-refractivity contribution in [2.75, 3.05) is 11.9 Å². The first-order chi connectivity index (χ1) is 15.7. The summed E-state index contributed by atoms with van der Waals surface area (Å²) in [6.45, 7) is 2.05. The van der Waals surface area contributed by atoms with Crippen molar-refractivity contribution in [3.63, 3.8) is 0 Å². The highest BCUT2D eigenvalue weighted by atomic mass is 16.5. The minimum Gasteiger partial charge on any atom is -0.462 e. The lowest BCUT2D eigenvalue weighted by Gasteiger charge is -2.11. The topological polar surface area (TPSA) is 95.5 Å². The first kappa shape index (κ1) is 20.8. The summed E-state index contributed by atoms with van der Waals surface area (Å²) in [5.41, 5.74) is 1.01. The van der Waals surface area contributed by atoms with Crippen molar-refractivity contribution < 1.29 is 19.0 Å². The summed E-state index contributed by atoms with van der Waals surface area (Å²) in [7, 11) is 0. The Hall–Kier alpha value is -4.46. The van der Waals surface area contributed by atoms with Crippen molar-refractivity contribution in [2.45, 2.75) is 6.92 Å². The number of ether oxygens (including phenoxy) is 3. The number of benzene rings is 3. The molecule has 0 aliphatic carbocycles. The molecule has 0 unspecified atom stereocenters. The summed E-state index contributed by atoms with van der Waals surface area (Å²) in [5, 5.41) is 3.06. The highest BCUT2D eigenvalue weighted by Gasteiger charge is 2.13. The van der Waals surface area contributed by atoms with Gasteiger partial charge in [-0.25, -0.2) is 4.79 Å². The zero-order valence-electron chi connectivity index (χ0n) is 17.3. The van der Waals surface area contributed by atoms with Gasteiger partial charge in [-0.3, -0.25) is 0 Å². The maximum atomic E-state index is 12.0. The Morgan fingerprint density at radius 3 is 1.94 bits per heavy atom. The summed E-state index contributed by atoms with van der Waals surface area (Å²) in [5.74, 6) is 0.921. The number of hydrogen-bond acceptors (Lipinski definition) is 8. The molecule has 0 spiro atoms. The number of anilines is 2. The van der Waals surface area contributed by atoms with Crippen LogP contribution in [0, 0.1) is 0 Å². The van der Waals surface area contributed by atoms with Crippen molar-refractivity contribution in [2.24, 2.45) is 0 Å². The van der Waals surface area contributed by atoms with E-state index in [4.69, 9.17) is 14.2 Å². The molecule has 0 amide bonds. The fourth-order valence-corrected chi connectivity index (χ4v) is 2.74. The van der Waals surface area contributed by atoms with E-state index in [1.807, 2.05) is 36.4 Å². The molecule has 1 aromatic heterocycles.